The molecule has 0 radical (unpaired) electrons. The maximum absolute atomic E-state index is 5.98. The van der Waals surface area contributed by atoms with Gasteiger partial charge in [0.05, 0.1) is 18.0 Å². The van der Waals surface area contributed by atoms with Crippen molar-refractivity contribution in [2.45, 2.75) is 19.9 Å². The molecule has 5 heteroatoms. The number of benzene rings is 1. The molecule has 1 aliphatic heterocycles. The number of ether oxygens (including phenoxy) is 1. The van der Waals surface area contributed by atoms with Crippen molar-refractivity contribution in [3.63, 3.8) is 0 Å². The smallest absolute Gasteiger partial charge is 0.137 e. The summed E-state index contributed by atoms with van der Waals surface area (Å²) in [5, 5.41) is 4.71. The van der Waals surface area contributed by atoms with Gasteiger partial charge in [0.15, 0.2) is 0 Å². The highest BCUT2D eigenvalue weighted by molar-refractivity contribution is 5.55. The number of hydrogen-bond acceptors (Lipinski definition) is 4. The Hall–Kier alpha value is -1.85. The summed E-state index contributed by atoms with van der Waals surface area (Å²) in [5.41, 5.74) is 9.17. The molecular formula is C16H22N4O. The van der Waals surface area contributed by atoms with Crippen LogP contribution in [0.5, 0.6) is 0 Å². The van der Waals surface area contributed by atoms with Gasteiger partial charge >= 0.3 is 0 Å². The lowest BCUT2D eigenvalue weighted by atomic mass is 10.2. The predicted molar refractivity (Wildman–Crippen MR) is 83.8 cm³/mol. The van der Waals surface area contributed by atoms with E-state index in [0.29, 0.717) is 6.54 Å². The first-order chi connectivity index (χ1) is 10.3. The topological polar surface area (TPSA) is 56.3 Å². The van der Waals surface area contributed by atoms with Crippen LogP contribution in [0.1, 0.15) is 17.7 Å². The highest BCUT2D eigenvalue weighted by Crippen LogP contribution is 2.27. The Morgan fingerprint density at radius 2 is 2.00 bits per heavy atom. The molecule has 0 aliphatic carbocycles. The molecule has 0 atom stereocenters. The van der Waals surface area contributed by atoms with Crippen molar-refractivity contribution in [3.8, 4) is 5.69 Å². The van der Waals surface area contributed by atoms with Crippen LogP contribution in [0.4, 0.5) is 5.82 Å². The Labute approximate surface area is 125 Å². The van der Waals surface area contributed by atoms with Gasteiger partial charge < -0.3 is 15.4 Å². The van der Waals surface area contributed by atoms with Crippen molar-refractivity contribution in [3.05, 3.63) is 41.6 Å². The lowest BCUT2D eigenvalue weighted by molar-refractivity contribution is 0.152. The normalized spacial score (nSPS) is 16.0. The highest BCUT2D eigenvalue weighted by atomic mass is 16.5. The Bertz CT molecular complexity index is 586. The number of nitrogens with zero attached hydrogens (tertiary/aromatic N) is 3. The van der Waals surface area contributed by atoms with E-state index in [1.807, 2.05) is 29.8 Å². The first-order valence-electron chi connectivity index (χ1n) is 7.48. The van der Waals surface area contributed by atoms with E-state index >= 15 is 0 Å². The Morgan fingerprint density at radius 3 is 2.76 bits per heavy atom. The fourth-order valence-corrected chi connectivity index (χ4v) is 2.82. The summed E-state index contributed by atoms with van der Waals surface area (Å²) in [4.78, 5) is 2.35. The molecule has 0 spiro atoms. The third-order valence-corrected chi connectivity index (χ3v) is 3.88. The standard InChI is InChI=1S/C16H22N4O/c1-13-15(12-17)16(19-8-5-10-21-11-9-19)20(18-13)14-6-3-2-4-7-14/h2-4,6-7H,5,8-12,17H2,1H3. The van der Waals surface area contributed by atoms with Crippen LogP contribution in [0.15, 0.2) is 30.3 Å². The second-order valence-electron chi connectivity index (χ2n) is 5.29. The van der Waals surface area contributed by atoms with E-state index in [2.05, 4.69) is 17.0 Å². The van der Waals surface area contributed by atoms with Crippen molar-refractivity contribution >= 4 is 5.82 Å². The van der Waals surface area contributed by atoms with Gasteiger partial charge in [0.1, 0.15) is 5.82 Å². The van der Waals surface area contributed by atoms with Crippen LogP contribution in [0.2, 0.25) is 0 Å². The van der Waals surface area contributed by atoms with Crippen molar-refractivity contribution in [1.29, 1.82) is 0 Å². The van der Waals surface area contributed by atoms with Gasteiger partial charge in [0, 0.05) is 31.8 Å². The van der Waals surface area contributed by atoms with Gasteiger partial charge in [-0.15, -0.1) is 0 Å². The lowest BCUT2D eigenvalue weighted by Crippen LogP contribution is -2.29. The van der Waals surface area contributed by atoms with Crippen LogP contribution in [-0.2, 0) is 11.3 Å². The molecule has 2 aromatic rings. The van der Waals surface area contributed by atoms with Gasteiger partial charge in [-0.05, 0) is 25.5 Å². The van der Waals surface area contributed by atoms with Gasteiger partial charge in [-0.3, -0.25) is 0 Å². The van der Waals surface area contributed by atoms with E-state index in [-0.39, 0.29) is 0 Å². The van der Waals surface area contributed by atoms with Crippen LogP contribution in [-0.4, -0.2) is 36.1 Å². The molecule has 1 aliphatic rings. The number of hydrogen-bond donors (Lipinski definition) is 1. The molecule has 1 saturated heterocycles. The summed E-state index contributed by atoms with van der Waals surface area (Å²) in [7, 11) is 0. The number of nitrogens with two attached hydrogens (primary N) is 1. The second-order valence-corrected chi connectivity index (χ2v) is 5.29. The molecule has 112 valence electrons. The average Bonchev–Trinajstić information content (AvgIpc) is 2.69. The predicted octanol–water partition coefficient (Wildman–Crippen LogP) is 1.87. The van der Waals surface area contributed by atoms with Gasteiger partial charge in [0.25, 0.3) is 0 Å². The number of aryl methyl sites for hydroxylation is 1. The largest absolute Gasteiger partial charge is 0.380 e. The molecule has 1 fully saturated rings. The SMILES string of the molecule is Cc1nn(-c2ccccc2)c(N2CCCOCC2)c1CN. The highest BCUT2D eigenvalue weighted by Gasteiger charge is 2.21. The minimum Gasteiger partial charge on any atom is -0.380 e. The average molecular weight is 286 g/mol. The van der Waals surface area contributed by atoms with E-state index in [1.165, 1.54) is 0 Å². The molecule has 3 rings (SSSR count). The zero-order chi connectivity index (χ0) is 14.7. The summed E-state index contributed by atoms with van der Waals surface area (Å²) in [6, 6.07) is 10.2. The quantitative estimate of drug-likeness (QED) is 0.936. The third kappa shape index (κ3) is 2.80. The van der Waals surface area contributed by atoms with E-state index in [0.717, 1.165) is 55.5 Å². The summed E-state index contributed by atoms with van der Waals surface area (Å²) in [5.74, 6) is 1.12. The fraction of sp³-hybridized carbons (Fsp3) is 0.438. The van der Waals surface area contributed by atoms with Gasteiger partial charge in [-0.25, -0.2) is 4.68 Å². The molecule has 0 bridgehead atoms. The maximum atomic E-state index is 5.98. The molecule has 0 saturated carbocycles. The van der Waals surface area contributed by atoms with Crippen molar-refractivity contribution in [2.24, 2.45) is 5.73 Å². The first-order valence-corrected chi connectivity index (χ1v) is 7.48. The van der Waals surface area contributed by atoms with E-state index in [4.69, 9.17) is 15.6 Å². The van der Waals surface area contributed by atoms with E-state index in [1.54, 1.807) is 0 Å². The molecule has 2 N–H and O–H groups in total. The van der Waals surface area contributed by atoms with Crippen LogP contribution >= 0.6 is 0 Å². The first kappa shape index (κ1) is 14.1. The molecule has 0 unspecified atom stereocenters. The monoisotopic (exact) mass is 286 g/mol. The van der Waals surface area contributed by atoms with Crippen LogP contribution < -0.4 is 10.6 Å². The molecule has 0 amide bonds. The van der Waals surface area contributed by atoms with Crippen molar-refractivity contribution in [2.75, 3.05) is 31.2 Å². The van der Waals surface area contributed by atoms with Gasteiger partial charge in [-0.2, -0.15) is 5.10 Å². The summed E-state index contributed by atoms with van der Waals surface area (Å²) in [6.07, 6.45) is 1.03. The Balaban J connectivity index is 2.07. The minimum absolute atomic E-state index is 0.505. The number of anilines is 1. The van der Waals surface area contributed by atoms with E-state index in [9.17, 15) is 0 Å². The number of rotatable bonds is 3. The molecular weight excluding hydrogens is 264 g/mol. The summed E-state index contributed by atoms with van der Waals surface area (Å²) >= 11 is 0. The molecule has 2 heterocycles. The van der Waals surface area contributed by atoms with Crippen LogP contribution in [0.25, 0.3) is 5.69 Å². The zero-order valence-corrected chi connectivity index (χ0v) is 12.5. The van der Waals surface area contributed by atoms with Crippen molar-refractivity contribution < 1.29 is 4.74 Å². The maximum Gasteiger partial charge on any atom is 0.137 e. The van der Waals surface area contributed by atoms with Gasteiger partial charge in [0.2, 0.25) is 0 Å². The zero-order valence-electron chi connectivity index (χ0n) is 12.5. The Kier molecular flexibility index (Phi) is 4.22. The minimum atomic E-state index is 0.505. The lowest BCUT2D eigenvalue weighted by Gasteiger charge is -2.24. The summed E-state index contributed by atoms with van der Waals surface area (Å²) < 4.78 is 7.59. The third-order valence-electron chi connectivity index (χ3n) is 3.88. The molecule has 1 aromatic carbocycles. The Morgan fingerprint density at radius 1 is 1.19 bits per heavy atom. The van der Waals surface area contributed by atoms with Crippen LogP contribution in [0.3, 0.4) is 0 Å². The molecule has 5 nitrogen and oxygen atoms in total. The summed E-state index contributed by atoms with van der Waals surface area (Å²) in [6.45, 7) is 5.97. The number of aromatic nitrogens is 2. The second kappa shape index (κ2) is 6.28. The van der Waals surface area contributed by atoms with Crippen molar-refractivity contribution in [1.82, 2.24) is 9.78 Å². The fourth-order valence-electron chi connectivity index (χ4n) is 2.82. The molecule has 21 heavy (non-hydrogen) atoms. The van der Waals surface area contributed by atoms with E-state index < -0.39 is 0 Å². The number of para-hydroxylation sites is 1. The van der Waals surface area contributed by atoms with Gasteiger partial charge in [-0.1, -0.05) is 18.2 Å². The van der Waals surface area contributed by atoms with Crippen LogP contribution in [0, 0.1) is 6.92 Å². The molecule has 1 aromatic heterocycles.